The number of nitrogens with one attached hydrogen (secondary N) is 1. The third-order valence-corrected chi connectivity index (χ3v) is 6.44. The number of carbonyl (C=O) groups excluding carboxylic acids is 2. The first-order valence-corrected chi connectivity index (χ1v) is 11.2. The summed E-state index contributed by atoms with van der Waals surface area (Å²) in [5.74, 6) is -0.487. The van der Waals surface area contributed by atoms with Crippen molar-refractivity contribution < 1.29 is 19.4 Å². The van der Waals surface area contributed by atoms with Crippen molar-refractivity contribution in [1.29, 1.82) is 5.26 Å². The Bertz CT molecular complexity index is 1360. The molecule has 0 saturated carbocycles. The lowest BCUT2D eigenvalue weighted by molar-refractivity contribution is -0.135. The summed E-state index contributed by atoms with van der Waals surface area (Å²) in [4.78, 5) is 40.2. The molecule has 10 nitrogen and oxygen atoms in total. The number of nitriles is 1. The summed E-state index contributed by atoms with van der Waals surface area (Å²) in [6.45, 7) is 0.607. The van der Waals surface area contributed by atoms with Gasteiger partial charge in [0, 0.05) is 38.1 Å². The first-order valence-electron chi connectivity index (χ1n) is 11.2. The third-order valence-electron chi connectivity index (χ3n) is 6.44. The summed E-state index contributed by atoms with van der Waals surface area (Å²) in [6.07, 6.45) is 1.30. The smallest absolute Gasteiger partial charge is 0.272 e. The molecule has 1 aromatic carbocycles. The van der Waals surface area contributed by atoms with Gasteiger partial charge in [-0.15, -0.1) is 0 Å². The van der Waals surface area contributed by atoms with Gasteiger partial charge < -0.3 is 29.2 Å². The standard InChI is InChI=1S/C24H27N5O5/c1-27-20-16-6-3-4-7-17(16)29(11-5-10-25)24(33)19(20)22(34-2)21(27)23(32)26-15-8-12-28(13-9-15)18(31)14-30/h3-4,6-7,15,30H,5,8-9,11-14H2,1-2H3,(H,26,32). The maximum absolute atomic E-state index is 13.5. The lowest BCUT2D eigenvalue weighted by Gasteiger charge is -2.32. The SMILES string of the molecule is COc1c(C(=O)NC2CCN(C(=O)CO)CC2)n(C)c2c1c(=O)n(CCC#N)c1ccccc21. The highest BCUT2D eigenvalue weighted by molar-refractivity contribution is 6.12. The lowest BCUT2D eigenvalue weighted by Crippen LogP contribution is -2.47. The fraction of sp³-hybridized carbons (Fsp3) is 0.417. The Morgan fingerprint density at radius 2 is 1.97 bits per heavy atom. The second kappa shape index (κ2) is 9.57. The summed E-state index contributed by atoms with van der Waals surface area (Å²) in [5, 5.41) is 22.2. The second-order valence-corrected chi connectivity index (χ2v) is 8.33. The number of aliphatic hydroxyl groups is 1. The Morgan fingerprint density at radius 3 is 2.62 bits per heavy atom. The minimum atomic E-state index is -0.524. The zero-order valence-electron chi connectivity index (χ0n) is 19.2. The zero-order chi connectivity index (χ0) is 24.4. The van der Waals surface area contributed by atoms with Crippen LogP contribution in [0, 0.1) is 11.3 Å². The van der Waals surface area contributed by atoms with E-state index < -0.39 is 6.61 Å². The van der Waals surface area contributed by atoms with E-state index in [9.17, 15) is 14.4 Å². The molecule has 10 heteroatoms. The van der Waals surface area contributed by atoms with Crippen LogP contribution in [0.2, 0.25) is 0 Å². The number of benzene rings is 1. The number of piperidine rings is 1. The first kappa shape index (κ1) is 23.3. The van der Waals surface area contributed by atoms with E-state index in [-0.39, 0.29) is 47.8 Å². The maximum atomic E-state index is 13.5. The number of aromatic nitrogens is 2. The fourth-order valence-electron chi connectivity index (χ4n) is 4.79. The maximum Gasteiger partial charge on any atom is 0.272 e. The lowest BCUT2D eigenvalue weighted by atomic mass is 10.0. The molecule has 1 saturated heterocycles. The highest BCUT2D eigenvalue weighted by Gasteiger charge is 2.30. The number of rotatable bonds is 6. The molecule has 34 heavy (non-hydrogen) atoms. The molecule has 1 aliphatic rings. The molecular formula is C24H27N5O5. The minimum Gasteiger partial charge on any atom is -0.493 e. The van der Waals surface area contributed by atoms with Gasteiger partial charge in [-0.05, 0) is 18.9 Å². The van der Waals surface area contributed by atoms with E-state index in [4.69, 9.17) is 15.1 Å². The largest absolute Gasteiger partial charge is 0.493 e. The number of hydrogen-bond donors (Lipinski definition) is 2. The van der Waals surface area contributed by atoms with Crippen molar-refractivity contribution in [2.45, 2.75) is 31.8 Å². The van der Waals surface area contributed by atoms with Gasteiger partial charge in [-0.1, -0.05) is 18.2 Å². The monoisotopic (exact) mass is 465 g/mol. The molecular weight excluding hydrogens is 438 g/mol. The Morgan fingerprint density at radius 1 is 1.26 bits per heavy atom. The molecule has 1 aliphatic heterocycles. The van der Waals surface area contributed by atoms with Crippen LogP contribution in [-0.4, -0.2) is 63.8 Å². The highest BCUT2D eigenvalue weighted by Crippen LogP contribution is 2.34. The first-order chi connectivity index (χ1) is 16.4. The molecule has 0 bridgehead atoms. The number of para-hydroxylation sites is 1. The third kappa shape index (κ3) is 3.88. The molecule has 0 radical (unpaired) electrons. The van der Waals surface area contributed by atoms with Gasteiger partial charge in [-0.2, -0.15) is 5.26 Å². The predicted molar refractivity (Wildman–Crippen MR) is 126 cm³/mol. The zero-order valence-corrected chi connectivity index (χ0v) is 19.2. The Kier molecular flexibility index (Phi) is 6.56. The summed E-state index contributed by atoms with van der Waals surface area (Å²) in [6, 6.07) is 9.33. The van der Waals surface area contributed by atoms with E-state index in [1.807, 2.05) is 24.3 Å². The molecule has 2 N–H and O–H groups in total. The molecule has 1 fully saturated rings. The van der Waals surface area contributed by atoms with Crippen molar-refractivity contribution in [2.75, 3.05) is 26.8 Å². The number of methoxy groups -OCH3 is 1. The number of likely N-dealkylation sites (tertiary alicyclic amines) is 1. The summed E-state index contributed by atoms with van der Waals surface area (Å²) >= 11 is 0. The van der Waals surface area contributed by atoms with Crippen molar-refractivity contribution in [3.05, 3.63) is 40.3 Å². The van der Waals surface area contributed by atoms with Crippen LogP contribution in [0.15, 0.2) is 29.1 Å². The van der Waals surface area contributed by atoms with Crippen molar-refractivity contribution in [3.63, 3.8) is 0 Å². The van der Waals surface area contributed by atoms with Crippen molar-refractivity contribution in [1.82, 2.24) is 19.4 Å². The Hall–Kier alpha value is -3.84. The molecule has 0 atom stereocenters. The van der Waals surface area contributed by atoms with Crippen molar-refractivity contribution >= 4 is 33.6 Å². The van der Waals surface area contributed by atoms with Crippen LogP contribution in [0.1, 0.15) is 29.8 Å². The quantitative estimate of drug-likeness (QED) is 0.561. The molecule has 0 spiro atoms. The number of amides is 2. The van der Waals surface area contributed by atoms with Crippen LogP contribution < -0.4 is 15.6 Å². The number of nitrogens with zero attached hydrogens (tertiary/aromatic N) is 4. The van der Waals surface area contributed by atoms with Crippen LogP contribution in [0.5, 0.6) is 5.75 Å². The van der Waals surface area contributed by atoms with Crippen LogP contribution >= 0.6 is 0 Å². The van der Waals surface area contributed by atoms with E-state index in [1.54, 1.807) is 21.1 Å². The van der Waals surface area contributed by atoms with E-state index in [0.717, 1.165) is 5.39 Å². The van der Waals surface area contributed by atoms with Gasteiger partial charge in [0.2, 0.25) is 5.91 Å². The van der Waals surface area contributed by atoms with E-state index in [0.29, 0.717) is 42.4 Å². The van der Waals surface area contributed by atoms with Gasteiger partial charge in [0.15, 0.2) is 11.4 Å². The van der Waals surface area contributed by atoms with Crippen LogP contribution in [-0.2, 0) is 18.4 Å². The second-order valence-electron chi connectivity index (χ2n) is 8.33. The van der Waals surface area contributed by atoms with E-state index in [2.05, 4.69) is 11.4 Å². The number of aryl methyl sites for hydroxylation is 2. The number of fused-ring (bicyclic) bond motifs is 3. The number of ether oxygens (including phenoxy) is 1. The summed E-state index contributed by atoms with van der Waals surface area (Å²) < 4.78 is 8.84. The van der Waals surface area contributed by atoms with Crippen LogP contribution in [0.4, 0.5) is 0 Å². The number of carbonyl (C=O) groups is 2. The molecule has 2 amide bonds. The van der Waals surface area contributed by atoms with Gasteiger partial charge in [-0.25, -0.2) is 0 Å². The average molecular weight is 466 g/mol. The van der Waals surface area contributed by atoms with Crippen LogP contribution in [0.25, 0.3) is 21.8 Å². The predicted octanol–water partition coefficient (Wildman–Crippen LogP) is 1.13. The van der Waals surface area contributed by atoms with Crippen molar-refractivity contribution in [3.8, 4) is 11.8 Å². The van der Waals surface area contributed by atoms with Gasteiger partial charge in [0.05, 0.1) is 30.6 Å². The summed E-state index contributed by atoms with van der Waals surface area (Å²) in [7, 11) is 3.16. The molecule has 3 heterocycles. The molecule has 2 aromatic heterocycles. The fourth-order valence-corrected chi connectivity index (χ4v) is 4.79. The van der Waals surface area contributed by atoms with E-state index in [1.165, 1.54) is 7.11 Å². The normalized spacial score (nSPS) is 14.4. The summed E-state index contributed by atoms with van der Waals surface area (Å²) in [5.41, 5.74) is 1.21. The minimum absolute atomic E-state index is 0.151. The van der Waals surface area contributed by atoms with Crippen LogP contribution in [0.3, 0.4) is 0 Å². The molecule has 3 aromatic rings. The highest BCUT2D eigenvalue weighted by atomic mass is 16.5. The van der Waals surface area contributed by atoms with E-state index >= 15 is 0 Å². The molecule has 0 unspecified atom stereocenters. The molecule has 178 valence electrons. The Labute approximate surface area is 195 Å². The van der Waals surface area contributed by atoms with Gasteiger partial charge >= 0.3 is 0 Å². The molecule has 0 aliphatic carbocycles. The van der Waals surface area contributed by atoms with Gasteiger partial charge in [-0.3, -0.25) is 14.4 Å². The Balaban J connectivity index is 1.76. The van der Waals surface area contributed by atoms with Crippen molar-refractivity contribution in [2.24, 2.45) is 7.05 Å². The number of pyridine rings is 1. The van der Waals surface area contributed by atoms with Gasteiger partial charge in [0.25, 0.3) is 11.5 Å². The topological polar surface area (TPSA) is 130 Å². The number of aliphatic hydroxyl groups excluding tert-OH is 1. The number of hydrogen-bond acceptors (Lipinski definition) is 6. The average Bonchev–Trinajstić information content (AvgIpc) is 3.16. The van der Waals surface area contributed by atoms with Gasteiger partial charge in [0.1, 0.15) is 12.0 Å². The molecule has 4 rings (SSSR count).